The van der Waals surface area contributed by atoms with Crippen molar-refractivity contribution >= 4 is 11.9 Å². The van der Waals surface area contributed by atoms with Crippen LogP contribution in [0.5, 0.6) is 0 Å². The minimum absolute atomic E-state index is 0.0846. The van der Waals surface area contributed by atoms with E-state index < -0.39 is 6.10 Å². The maximum atomic E-state index is 12.7. The molecule has 0 aliphatic carbocycles. The molecular formula is C49H92O5. The van der Waals surface area contributed by atoms with E-state index in [9.17, 15) is 9.59 Å². The zero-order chi connectivity index (χ0) is 39.3. The second-order valence-electron chi connectivity index (χ2n) is 16.0. The fourth-order valence-corrected chi connectivity index (χ4v) is 6.90. The van der Waals surface area contributed by atoms with E-state index in [1.807, 2.05) is 0 Å². The first-order valence-electron chi connectivity index (χ1n) is 23.9. The van der Waals surface area contributed by atoms with Crippen molar-refractivity contribution in [3.05, 3.63) is 24.3 Å². The highest BCUT2D eigenvalue weighted by molar-refractivity contribution is 5.70. The minimum atomic E-state index is -0.531. The highest BCUT2D eigenvalue weighted by Crippen LogP contribution is 2.15. The van der Waals surface area contributed by atoms with Gasteiger partial charge >= 0.3 is 11.9 Å². The Bertz CT molecular complexity index is 821. The maximum Gasteiger partial charge on any atom is 0.306 e. The number of unbranched alkanes of at least 4 members (excludes halogenated alkanes) is 29. The van der Waals surface area contributed by atoms with Crippen molar-refractivity contribution in [1.82, 2.24) is 0 Å². The van der Waals surface area contributed by atoms with E-state index in [2.05, 4.69) is 45.1 Å². The fourth-order valence-electron chi connectivity index (χ4n) is 6.90. The van der Waals surface area contributed by atoms with Gasteiger partial charge in [0.05, 0.1) is 6.61 Å². The third kappa shape index (κ3) is 43.1. The lowest BCUT2D eigenvalue weighted by atomic mass is 10.0. The zero-order valence-corrected chi connectivity index (χ0v) is 36.5. The molecule has 0 fully saturated rings. The van der Waals surface area contributed by atoms with Gasteiger partial charge in [-0.2, -0.15) is 0 Å². The lowest BCUT2D eigenvalue weighted by molar-refractivity contribution is -0.163. The number of allylic oxidation sites excluding steroid dienone is 4. The monoisotopic (exact) mass is 761 g/mol. The van der Waals surface area contributed by atoms with Gasteiger partial charge in [0, 0.05) is 19.4 Å². The Morgan fingerprint density at radius 2 is 0.815 bits per heavy atom. The summed E-state index contributed by atoms with van der Waals surface area (Å²) in [5, 5.41) is 0. The molecule has 0 bridgehead atoms. The summed E-state index contributed by atoms with van der Waals surface area (Å²) in [6.07, 6.45) is 51.8. The zero-order valence-electron chi connectivity index (χ0n) is 36.5. The van der Waals surface area contributed by atoms with Crippen LogP contribution in [-0.2, 0) is 23.8 Å². The molecule has 54 heavy (non-hydrogen) atoms. The number of hydrogen-bond acceptors (Lipinski definition) is 5. The van der Waals surface area contributed by atoms with Crippen LogP contribution in [0.3, 0.4) is 0 Å². The predicted octanol–water partition coefficient (Wildman–Crippen LogP) is 15.7. The third-order valence-corrected chi connectivity index (χ3v) is 10.5. The summed E-state index contributed by atoms with van der Waals surface area (Å²) in [5.74, 6) is -0.403. The molecule has 5 heteroatoms. The molecule has 0 rings (SSSR count). The summed E-state index contributed by atoms with van der Waals surface area (Å²) in [6, 6.07) is 0. The number of carbonyl (C=O) groups excluding carboxylic acids is 2. The first kappa shape index (κ1) is 52.4. The van der Waals surface area contributed by atoms with Crippen molar-refractivity contribution in [3.8, 4) is 0 Å². The minimum Gasteiger partial charge on any atom is -0.462 e. The molecule has 0 aromatic heterocycles. The van der Waals surface area contributed by atoms with E-state index in [4.69, 9.17) is 14.2 Å². The summed E-state index contributed by atoms with van der Waals surface area (Å²) in [7, 11) is 0. The van der Waals surface area contributed by atoms with E-state index >= 15 is 0 Å². The molecule has 0 aliphatic rings. The molecule has 0 aromatic carbocycles. The summed E-state index contributed by atoms with van der Waals surface area (Å²) in [5.41, 5.74) is 0. The van der Waals surface area contributed by atoms with Crippen molar-refractivity contribution in [2.75, 3.05) is 19.8 Å². The topological polar surface area (TPSA) is 61.8 Å². The van der Waals surface area contributed by atoms with Crippen LogP contribution in [0.25, 0.3) is 0 Å². The Kier molecular flexibility index (Phi) is 44.4. The van der Waals surface area contributed by atoms with Crippen LogP contribution in [0.1, 0.15) is 252 Å². The van der Waals surface area contributed by atoms with Gasteiger partial charge in [-0.25, -0.2) is 0 Å². The van der Waals surface area contributed by atoms with Crippen LogP contribution >= 0.6 is 0 Å². The van der Waals surface area contributed by atoms with Gasteiger partial charge in [0.25, 0.3) is 0 Å². The van der Waals surface area contributed by atoms with E-state index in [0.29, 0.717) is 26.1 Å². The molecule has 0 aromatic rings. The van der Waals surface area contributed by atoms with Gasteiger partial charge in [-0.1, -0.05) is 218 Å². The molecule has 0 radical (unpaired) electrons. The molecule has 1 unspecified atom stereocenters. The Morgan fingerprint density at radius 1 is 0.407 bits per heavy atom. The molecule has 318 valence electrons. The first-order chi connectivity index (χ1) is 26.6. The van der Waals surface area contributed by atoms with Gasteiger partial charge < -0.3 is 14.2 Å². The van der Waals surface area contributed by atoms with Crippen molar-refractivity contribution in [2.24, 2.45) is 0 Å². The van der Waals surface area contributed by atoms with E-state index in [-0.39, 0.29) is 18.5 Å². The Labute approximate surface area is 337 Å². The predicted molar refractivity (Wildman–Crippen MR) is 233 cm³/mol. The number of carbonyl (C=O) groups is 2. The lowest BCUT2D eigenvalue weighted by Crippen LogP contribution is -2.30. The maximum absolute atomic E-state index is 12.7. The van der Waals surface area contributed by atoms with Crippen LogP contribution in [0.15, 0.2) is 24.3 Å². The van der Waals surface area contributed by atoms with Crippen molar-refractivity contribution in [1.29, 1.82) is 0 Å². The second-order valence-corrected chi connectivity index (χ2v) is 16.0. The highest BCUT2D eigenvalue weighted by atomic mass is 16.6. The largest absolute Gasteiger partial charge is 0.462 e. The molecule has 0 N–H and O–H groups in total. The molecule has 5 nitrogen and oxygen atoms in total. The number of rotatable bonds is 44. The van der Waals surface area contributed by atoms with Crippen molar-refractivity contribution in [3.63, 3.8) is 0 Å². The average Bonchev–Trinajstić information content (AvgIpc) is 3.17. The van der Waals surface area contributed by atoms with Gasteiger partial charge in [-0.15, -0.1) is 0 Å². The van der Waals surface area contributed by atoms with Crippen LogP contribution in [0.2, 0.25) is 0 Å². The molecule has 1 atom stereocenters. The van der Waals surface area contributed by atoms with Crippen LogP contribution in [-0.4, -0.2) is 37.9 Å². The molecule has 0 spiro atoms. The standard InChI is InChI=1S/C49H92O5/c1-4-7-10-13-16-19-21-23-24-25-27-29-32-35-38-41-44-52-45-47(54-49(51)43-40-37-34-30-18-15-12-9-6-3)46-53-48(50)42-39-36-33-31-28-26-22-20-17-14-11-8-5-2/h11,14,20,22,47H,4-10,12-13,15-19,21,23-46H2,1-3H3/b14-11-,22-20-. The van der Waals surface area contributed by atoms with Crippen LogP contribution < -0.4 is 0 Å². The Hall–Kier alpha value is -1.62. The molecular weight excluding hydrogens is 669 g/mol. The summed E-state index contributed by atoms with van der Waals surface area (Å²) < 4.78 is 17.3. The van der Waals surface area contributed by atoms with Crippen LogP contribution in [0, 0.1) is 0 Å². The van der Waals surface area contributed by atoms with Crippen molar-refractivity contribution in [2.45, 2.75) is 258 Å². The smallest absolute Gasteiger partial charge is 0.306 e. The molecule has 0 aliphatic heterocycles. The number of esters is 2. The van der Waals surface area contributed by atoms with Gasteiger partial charge in [-0.05, 0) is 44.9 Å². The molecule has 0 saturated carbocycles. The molecule has 0 saturated heterocycles. The highest BCUT2D eigenvalue weighted by Gasteiger charge is 2.17. The summed E-state index contributed by atoms with van der Waals surface area (Å²) in [6.45, 7) is 7.77. The Morgan fingerprint density at radius 3 is 1.30 bits per heavy atom. The fraction of sp³-hybridized carbons (Fsp3) is 0.878. The summed E-state index contributed by atoms with van der Waals surface area (Å²) >= 11 is 0. The number of hydrogen-bond donors (Lipinski definition) is 0. The van der Waals surface area contributed by atoms with Crippen molar-refractivity contribution < 1.29 is 23.8 Å². The lowest BCUT2D eigenvalue weighted by Gasteiger charge is -2.18. The van der Waals surface area contributed by atoms with E-state index in [1.165, 1.54) is 167 Å². The first-order valence-corrected chi connectivity index (χ1v) is 23.9. The number of ether oxygens (including phenoxy) is 3. The van der Waals surface area contributed by atoms with E-state index in [1.54, 1.807) is 0 Å². The average molecular weight is 761 g/mol. The molecule has 0 heterocycles. The normalized spacial score (nSPS) is 12.3. The van der Waals surface area contributed by atoms with E-state index in [0.717, 1.165) is 51.4 Å². The van der Waals surface area contributed by atoms with Gasteiger partial charge in [0.1, 0.15) is 6.61 Å². The second kappa shape index (κ2) is 45.8. The SMILES string of the molecule is CCC/C=C\C/C=C\CCCCCCCC(=O)OCC(COCCCCCCCCCCCCCCCCCC)OC(=O)CCCCCCCCCCC. The van der Waals surface area contributed by atoms with Gasteiger partial charge in [0.15, 0.2) is 6.10 Å². The van der Waals surface area contributed by atoms with Crippen LogP contribution in [0.4, 0.5) is 0 Å². The third-order valence-electron chi connectivity index (χ3n) is 10.5. The molecule has 0 amide bonds. The van der Waals surface area contributed by atoms with Gasteiger partial charge in [0.2, 0.25) is 0 Å². The summed E-state index contributed by atoms with van der Waals surface area (Å²) in [4.78, 5) is 25.2. The Balaban J connectivity index is 4.17. The van der Waals surface area contributed by atoms with Gasteiger partial charge in [-0.3, -0.25) is 9.59 Å². The quantitative estimate of drug-likeness (QED) is 0.0352.